The van der Waals surface area contributed by atoms with Crippen LogP contribution in [0.1, 0.15) is 33.5 Å². The van der Waals surface area contributed by atoms with Crippen LogP contribution in [0.4, 0.5) is 5.69 Å². The number of ether oxygens (including phenoxy) is 1. The zero-order chi connectivity index (χ0) is 19.3. The highest BCUT2D eigenvalue weighted by Gasteiger charge is 2.13. The standard InChI is InChI=1S/C19H20N2O5/c1-12-4-5-13(2)18(14(12)3)26-17(22)10-11-20-19(23)15-6-8-16(9-7-15)21(24)25/h4-9H,10-11H2,1-3H3,(H,20,23). The van der Waals surface area contributed by atoms with Crippen molar-refractivity contribution < 1.29 is 19.2 Å². The maximum Gasteiger partial charge on any atom is 0.312 e. The van der Waals surface area contributed by atoms with Crippen LogP contribution in [0.3, 0.4) is 0 Å². The molecule has 2 aromatic rings. The Kier molecular flexibility index (Phi) is 6.06. The monoisotopic (exact) mass is 356 g/mol. The Labute approximate surface area is 151 Å². The molecule has 2 rings (SSSR count). The maximum absolute atomic E-state index is 12.0. The molecule has 0 saturated carbocycles. The predicted molar refractivity (Wildman–Crippen MR) is 96.3 cm³/mol. The molecule has 136 valence electrons. The predicted octanol–water partition coefficient (Wildman–Crippen LogP) is 3.25. The Hall–Kier alpha value is -3.22. The molecule has 0 saturated heterocycles. The van der Waals surface area contributed by atoms with E-state index < -0.39 is 16.8 Å². The first-order valence-corrected chi connectivity index (χ1v) is 8.09. The van der Waals surface area contributed by atoms with E-state index in [0.29, 0.717) is 5.75 Å². The first-order valence-electron chi connectivity index (χ1n) is 8.09. The second kappa shape index (κ2) is 8.24. The molecule has 26 heavy (non-hydrogen) atoms. The largest absolute Gasteiger partial charge is 0.426 e. The van der Waals surface area contributed by atoms with Crippen LogP contribution in [0.15, 0.2) is 36.4 Å². The summed E-state index contributed by atoms with van der Waals surface area (Å²) in [5.41, 5.74) is 3.01. The van der Waals surface area contributed by atoms with E-state index in [1.807, 2.05) is 32.9 Å². The molecule has 0 aliphatic heterocycles. The number of hydrogen-bond donors (Lipinski definition) is 1. The number of nitrogens with zero attached hydrogens (tertiary/aromatic N) is 1. The van der Waals surface area contributed by atoms with Gasteiger partial charge in [0.25, 0.3) is 11.6 Å². The Balaban J connectivity index is 1.87. The average Bonchev–Trinajstić information content (AvgIpc) is 2.62. The van der Waals surface area contributed by atoms with Crippen molar-refractivity contribution in [1.29, 1.82) is 0 Å². The summed E-state index contributed by atoms with van der Waals surface area (Å²) in [7, 11) is 0. The minimum absolute atomic E-state index is 0.0194. The van der Waals surface area contributed by atoms with E-state index >= 15 is 0 Å². The van der Waals surface area contributed by atoms with Crippen LogP contribution in [0.25, 0.3) is 0 Å². The number of rotatable bonds is 6. The van der Waals surface area contributed by atoms with Gasteiger partial charge in [-0.3, -0.25) is 19.7 Å². The minimum atomic E-state index is -0.535. The number of esters is 1. The lowest BCUT2D eigenvalue weighted by molar-refractivity contribution is -0.384. The molecule has 2 aromatic carbocycles. The Morgan fingerprint density at radius 1 is 1.04 bits per heavy atom. The Morgan fingerprint density at radius 2 is 1.65 bits per heavy atom. The summed E-state index contributed by atoms with van der Waals surface area (Å²) in [6.07, 6.45) is 0.0194. The summed E-state index contributed by atoms with van der Waals surface area (Å²) < 4.78 is 5.42. The van der Waals surface area contributed by atoms with Crippen molar-refractivity contribution in [2.45, 2.75) is 27.2 Å². The summed E-state index contributed by atoms with van der Waals surface area (Å²) >= 11 is 0. The molecular weight excluding hydrogens is 336 g/mol. The number of non-ortho nitro benzene ring substituents is 1. The number of aryl methyl sites for hydroxylation is 2. The molecule has 7 heteroatoms. The van der Waals surface area contributed by atoms with E-state index in [2.05, 4.69) is 5.32 Å². The molecule has 0 fully saturated rings. The number of hydrogen-bond acceptors (Lipinski definition) is 5. The molecule has 1 N–H and O–H groups in total. The summed E-state index contributed by atoms with van der Waals surface area (Å²) in [5.74, 6) is -0.293. The fourth-order valence-corrected chi connectivity index (χ4v) is 2.36. The lowest BCUT2D eigenvalue weighted by Crippen LogP contribution is -2.27. The van der Waals surface area contributed by atoms with Gasteiger partial charge in [0.05, 0.1) is 11.3 Å². The van der Waals surface area contributed by atoms with Crippen LogP contribution in [0.2, 0.25) is 0 Å². The second-order valence-corrected chi connectivity index (χ2v) is 5.94. The third-order valence-corrected chi connectivity index (χ3v) is 4.04. The number of carbonyl (C=O) groups excluding carboxylic acids is 2. The molecule has 0 bridgehead atoms. The zero-order valence-electron chi connectivity index (χ0n) is 14.9. The third-order valence-electron chi connectivity index (χ3n) is 4.04. The summed E-state index contributed by atoms with van der Waals surface area (Å²) in [5, 5.41) is 13.2. The highest BCUT2D eigenvalue weighted by atomic mass is 16.6. The number of benzene rings is 2. The summed E-state index contributed by atoms with van der Waals surface area (Å²) in [6.45, 7) is 5.81. The Morgan fingerprint density at radius 3 is 2.27 bits per heavy atom. The average molecular weight is 356 g/mol. The minimum Gasteiger partial charge on any atom is -0.426 e. The number of nitro benzene ring substituents is 1. The number of nitro groups is 1. The van der Waals surface area contributed by atoms with Gasteiger partial charge in [-0.25, -0.2) is 0 Å². The van der Waals surface area contributed by atoms with E-state index in [0.717, 1.165) is 16.7 Å². The molecule has 7 nitrogen and oxygen atoms in total. The highest BCUT2D eigenvalue weighted by molar-refractivity contribution is 5.94. The molecule has 0 radical (unpaired) electrons. The first kappa shape index (κ1) is 19.1. The van der Waals surface area contributed by atoms with Crippen molar-refractivity contribution in [3.8, 4) is 5.75 Å². The van der Waals surface area contributed by atoms with Crippen LogP contribution in [0, 0.1) is 30.9 Å². The van der Waals surface area contributed by atoms with Gasteiger partial charge in [-0.15, -0.1) is 0 Å². The van der Waals surface area contributed by atoms with E-state index in [1.54, 1.807) is 0 Å². The van der Waals surface area contributed by atoms with Gasteiger partial charge in [-0.05, 0) is 49.6 Å². The van der Waals surface area contributed by atoms with Gasteiger partial charge in [0.15, 0.2) is 0 Å². The molecule has 0 heterocycles. The fraction of sp³-hybridized carbons (Fsp3) is 0.263. The van der Waals surface area contributed by atoms with E-state index in [9.17, 15) is 19.7 Å². The number of nitrogens with one attached hydrogen (secondary N) is 1. The van der Waals surface area contributed by atoms with E-state index in [-0.39, 0.29) is 24.2 Å². The van der Waals surface area contributed by atoms with E-state index in [1.165, 1.54) is 24.3 Å². The number of amides is 1. The van der Waals surface area contributed by atoms with E-state index in [4.69, 9.17) is 4.74 Å². The second-order valence-electron chi connectivity index (χ2n) is 5.94. The zero-order valence-corrected chi connectivity index (χ0v) is 14.9. The Bertz CT molecular complexity index is 844. The summed E-state index contributed by atoms with van der Waals surface area (Å²) in [6, 6.07) is 9.10. The molecule has 0 aliphatic rings. The topological polar surface area (TPSA) is 98.5 Å². The van der Waals surface area contributed by atoms with Crippen LogP contribution < -0.4 is 10.1 Å². The van der Waals surface area contributed by atoms with Gasteiger partial charge in [0.1, 0.15) is 5.75 Å². The van der Waals surface area contributed by atoms with Gasteiger partial charge in [0.2, 0.25) is 0 Å². The van der Waals surface area contributed by atoms with Crippen LogP contribution in [0.5, 0.6) is 5.75 Å². The first-order chi connectivity index (χ1) is 12.3. The van der Waals surface area contributed by atoms with Gasteiger partial charge < -0.3 is 10.1 Å². The van der Waals surface area contributed by atoms with Gasteiger partial charge in [-0.2, -0.15) is 0 Å². The van der Waals surface area contributed by atoms with Crippen LogP contribution >= 0.6 is 0 Å². The lowest BCUT2D eigenvalue weighted by Gasteiger charge is -2.12. The lowest BCUT2D eigenvalue weighted by atomic mass is 10.1. The van der Waals surface area contributed by atoms with Crippen molar-refractivity contribution in [3.63, 3.8) is 0 Å². The van der Waals surface area contributed by atoms with Crippen LogP contribution in [-0.4, -0.2) is 23.3 Å². The molecule has 0 spiro atoms. The van der Waals surface area contributed by atoms with Gasteiger partial charge in [-0.1, -0.05) is 12.1 Å². The normalized spacial score (nSPS) is 10.3. The van der Waals surface area contributed by atoms with Crippen molar-refractivity contribution in [3.05, 3.63) is 68.8 Å². The molecule has 1 amide bonds. The molecule has 0 aliphatic carbocycles. The fourth-order valence-electron chi connectivity index (χ4n) is 2.36. The third kappa shape index (κ3) is 4.66. The number of carbonyl (C=O) groups is 2. The quantitative estimate of drug-likeness (QED) is 0.371. The van der Waals surface area contributed by atoms with Gasteiger partial charge >= 0.3 is 5.97 Å². The van der Waals surface area contributed by atoms with Crippen molar-refractivity contribution >= 4 is 17.6 Å². The van der Waals surface area contributed by atoms with Crippen LogP contribution in [-0.2, 0) is 4.79 Å². The SMILES string of the molecule is Cc1ccc(C)c(OC(=O)CCNC(=O)c2ccc([N+](=O)[O-])cc2)c1C. The molecule has 0 aromatic heterocycles. The molecular formula is C19H20N2O5. The molecule has 0 atom stereocenters. The van der Waals surface area contributed by atoms with Crippen molar-refractivity contribution in [2.75, 3.05) is 6.54 Å². The van der Waals surface area contributed by atoms with Crippen molar-refractivity contribution in [1.82, 2.24) is 5.32 Å². The highest BCUT2D eigenvalue weighted by Crippen LogP contribution is 2.26. The van der Waals surface area contributed by atoms with Crippen molar-refractivity contribution in [2.24, 2.45) is 0 Å². The van der Waals surface area contributed by atoms with Gasteiger partial charge in [0, 0.05) is 24.2 Å². The summed E-state index contributed by atoms with van der Waals surface area (Å²) in [4.78, 5) is 34.1. The smallest absolute Gasteiger partial charge is 0.312 e. The maximum atomic E-state index is 12.0. The molecule has 0 unspecified atom stereocenters.